The molecule has 0 saturated carbocycles. The topological polar surface area (TPSA) is 67.8 Å². The molecule has 0 aliphatic rings. The summed E-state index contributed by atoms with van der Waals surface area (Å²) in [7, 11) is 1.59. The Kier molecular flexibility index (Phi) is 7.25. The molecule has 0 fully saturated rings. The monoisotopic (exact) mass is 391 g/mol. The summed E-state index contributed by atoms with van der Waals surface area (Å²) < 4.78 is 11.3. The Bertz CT molecular complexity index is 913. The number of nitrogens with one attached hydrogen (secondary N) is 1. The number of carboxylic acid groups (broad SMARTS) is 1. The second-order valence-corrected chi connectivity index (χ2v) is 6.72. The molecule has 0 bridgehead atoms. The van der Waals surface area contributed by atoms with Crippen LogP contribution in [0.15, 0.2) is 78.9 Å². The zero-order valence-corrected chi connectivity index (χ0v) is 16.4. The van der Waals surface area contributed by atoms with Gasteiger partial charge in [-0.25, -0.2) is 0 Å². The van der Waals surface area contributed by atoms with Crippen LogP contribution in [0.25, 0.3) is 0 Å². The van der Waals surface area contributed by atoms with Crippen LogP contribution in [0.5, 0.6) is 11.5 Å². The highest BCUT2D eigenvalue weighted by atomic mass is 16.5. The van der Waals surface area contributed by atoms with Gasteiger partial charge in [-0.2, -0.15) is 0 Å². The molecule has 0 heterocycles. The van der Waals surface area contributed by atoms with Gasteiger partial charge in [-0.3, -0.25) is 4.79 Å². The van der Waals surface area contributed by atoms with Gasteiger partial charge < -0.3 is 19.9 Å². The van der Waals surface area contributed by atoms with Crippen LogP contribution in [0.1, 0.15) is 16.7 Å². The third kappa shape index (κ3) is 6.09. The van der Waals surface area contributed by atoms with Gasteiger partial charge in [0.15, 0.2) is 11.5 Å². The zero-order chi connectivity index (χ0) is 20.5. The largest absolute Gasteiger partial charge is 0.493 e. The van der Waals surface area contributed by atoms with Gasteiger partial charge >= 0.3 is 5.97 Å². The lowest BCUT2D eigenvalue weighted by molar-refractivity contribution is -0.139. The van der Waals surface area contributed by atoms with E-state index in [1.54, 1.807) is 7.11 Å². The maximum absolute atomic E-state index is 11.6. The molecule has 0 aliphatic carbocycles. The second kappa shape index (κ2) is 10.3. The molecule has 0 saturated heterocycles. The van der Waals surface area contributed by atoms with Crippen molar-refractivity contribution in [2.24, 2.45) is 0 Å². The van der Waals surface area contributed by atoms with Gasteiger partial charge in [-0.1, -0.05) is 66.7 Å². The number of rotatable bonds is 10. The second-order valence-electron chi connectivity index (χ2n) is 6.72. The fourth-order valence-corrected chi connectivity index (χ4v) is 3.01. The van der Waals surface area contributed by atoms with E-state index in [1.165, 1.54) is 0 Å². The quantitative estimate of drug-likeness (QED) is 0.546. The number of aliphatic carboxylic acids is 1. The van der Waals surface area contributed by atoms with Crippen molar-refractivity contribution in [2.75, 3.05) is 7.11 Å². The van der Waals surface area contributed by atoms with Crippen molar-refractivity contribution in [1.82, 2.24) is 5.32 Å². The van der Waals surface area contributed by atoms with Crippen LogP contribution >= 0.6 is 0 Å². The SMILES string of the molecule is COc1cc(CN[C@@H](Cc2ccccc2)C(=O)O)ccc1OCc1ccccc1. The van der Waals surface area contributed by atoms with Crippen LogP contribution in [0.3, 0.4) is 0 Å². The van der Waals surface area contributed by atoms with Gasteiger partial charge in [-0.15, -0.1) is 0 Å². The van der Waals surface area contributed by atoms with E-state index in [4.69, 9.17) is 9.47 Å². The molecule has 0 unspecified atom stereocenters. The standard InChI is InChI=1S/C24H25NO4/c1-28-23-15-20(12-13-22(23)29-17-19-10-6-3-7-11-19)16-25-21(24(26)27)14-18-8-4-2-5-9-18/h2-13,15,21,25H,14,16-17H2,1H3,(H,26,27)/t21-/m0/s1. The molecule has 5 heteroatoms. The molecule has 3 aromatic carbocycles. The Morgan fingerprint density at radius 3 is 2.17 bits per heavy atom. The fourth-order valence-electron chi connectivity index (χ4n) is 3.01. The van der Waals surface area contributed by atoms with E-state index in [2.05, 4.69) is 5.32 Å². The van der Waals surface area contributed by atoms with Crippen LogP contribution in [0.2, 0.25) is 0 Å². The first-order valence-electron chi connectivity index (χ1n) is 9.49. The van der Waals surface area contributed by atoms with Crippen LogP contribution in [-0.4, -0.2) is 24.2 Å². The van der Waals surface area contributed by atoms with Gasteiger partial charge in [0.1, 0.15) is 12.6 Å². The molecule has 5 nitrogen and oxygen atoms in total. The van der Waals surface area contributed by atoms with Crippen LogP contribution in [0, 0.1) is 0 Å². The van der Waals surface area contributed by atoms with E-state index in [1.807, 2.05) is 78.9 Å². The average molecular weight is 391 g/mol. The van der Waals surface area contributed by atoms with Crippen molar-refractivity contribution in [3.05, 3.63) is 95.6 Å². The van der Waals surface area contributed by atoms with E-state index >= 15 is 0 Å². The predicted molar refractivity (Wildman–Crippen MR) is 112 cm³/mol. The summed E-state index contributed by atoms with van der Waals surface area (Å²) in [6.45, 7) is 0.867. The average Bonchev–Trinajstić information content (AvgIpc) is 2.76. The minimum atomic E-state index is -0.872. The van der Waals surface area contributed by atoms with Crippen molar-refractivity contribution in [3.8, 4) is 11.5 Å². The Balaban J connectivity index is 1.62. The molecule has 3 rings (SSSR count). The van der Waals surface area contributed by atoms with E-state index < -0.39 is 12.0 Å². The molecule has 0 radical (unpaired) electrons. The highest BCUT2D eigenvalue weighted by Gasteiger charge is 2.17. The Morgan fingerprint density at radius 1 is 0.897 bits per heavy atom. The molecule has 3 aromatic rings. The molecular weight excluding hydrogens is 366 g/mol. The first-order valence-corrected chi connectivity index (χ1v) is 9.49. The van der Waals surface area contributed by atoms with Gasteiger partial charge in [0, 0.05) is 6.54 Å². The Morgan fingerprint density at radius 2 is 1.55 bits per heavy atom. The summed E-state index contributed by atoms with van der Waals surface area (Å²) in [5.74, 6) is 0.401. The highest BCUT2D eigenvalue weighted by Crippen LogP contribution is 2.29. The fraction of sp³-hybridized carbons (Fsp3) is 0.208. The Labute approximate surface area is 170 Å². The molecule has 2 N–H and O–H groups in total. The molecule has 0 aromatic heterocycles. The number of hydrogen-bond acceptors (Lipinski definition) is 4. The lowest BCUT2D eigenvalue weighted by Crippen LogP contribution is -2.38. The van der Waals surface area contributed by atoms with E-state index in [0.717, 1.165) is 16.7 Å². The van der Waals surface area contributed by atoms with E-state index in [0.29, 0.717) is 31.1 Å². The number of methoxy groups -OCH3 is 1. The number of hydrogen-bond donors (Lipinski definition) is 2. The summed E-state index contributed by atoms with van der Waals surface area (Å²) in [5, 5.41) is 12.6. The van der Waals surface area contributed by atoms with Gasteiger partial charge in [0.2, 0.25) is 0 Å². The maximum atomic E-state index is 11.6. The third-order valence-corrected chi connectivity index (χ3v) is 4.60. The Hall–Kier alpha value is -3.31. The van der Waals surface area contributed by atoms with Crippen LogP contribution in [-0.2, 0) is 24.4 Å². The van der Waals surface area contributed by atoms with Crippen molar-refractivity contribution in [3.63, 3.8) is 0 Å². The molecule has 0 aliphatic heterocycles. The molecular formula is C24H25NO4. The van der Waals surface area contributed by atoms with Gasteiger partial charge in [0.25, 0.3) is 0 Å². The summed E-state index contributed by atoms with van der Waals surface area (Å²) in [6, 6.07) is 24.5. The minimum absolute atomic E-state index is 0.416. The van der Waals surface area contributed by atoms with Crippen LogP contribution < -0.4 is 14.8 Å². The van der Waals surface area contributed by atoms with Gasteiger partial charge in [0.05, 0.1) is 7.11 Å². The summed E-state index contributed by atoms with van der Waals surface area (Å²) in [5.41, 5.74) is 2.98. The molecule has 29 heavy (non-hydrogen) atoms. The smallest absolute Gasteiger partial charge is 0.321 e. The molecule has 0 amide bonds. The number of benzene rings is 3. The third-order valence-electron chi connectivity index (χ3n) is 4.60. The summed E-state index contributed by atoms with van der Waals surface area (Å²) in [6.07, 6.45) is 0.422. The zero-order valence-electron chi connectivity index (χ0n) is 16.4. The summed E-state index contributed by atoms with van der Waals surface area (Å²) in [4.78, 5) is 11.6. The first kappa shape index (κ1) is 20.4. The maximum Gasteiger partial charge on any atom is 0.321 e. The van der Waals surface area contributed by atoms with E-state index in [9.17, 15) is 9.90 Å². The minimum Gasteiger partial charge on any atom is -0.493 e. The van der Waals surface area contributed by atoms with Gasteiger partial charge in [-0.05, 0) is 35.2 Å². The number of carbonyl (C=O) groups is 1. The predicted octanol–water partition coefficient (Wildman–Crippen LogP) is 4.06. The lowest BCUT2D eigenvalue weighted by atomic mass is 10.1. The highest BCUT2D eigenvalue weighted by molar-refractivity contribution is 5.73. The van der Waals surface area contributed by atoms with Crippen molar-refractivity contribution >= 4 is 5.97 Å². The van der Waals surface area contributed by atoms with E-state index in [-0.39, 0.29) is 0 Å². The van der Waals surface area contributed by atoms with Crippen molar-refractivity contribution < 1.29 is 19.4 Å². The number of carboxylic acids is 1. The van der Waals surface area contributed by atoms with Crippen molar-refractivity contribution in [2.45, 2.75) is 25.6 Å². The van der Waals surface area contributed by atoms with Crippen molar-refractivity contribution in [1.29, 1.82) is 0 Å². The number of ether oxygens (including phenoxy) is 2. The molecule has 1 atom stereocenters. The normalized spacial score (nSPS) is 11.6. The van der Waals surface area contributed by atoms with Crippen LogP contribution in [0.4, 0.5) is 0 Å². The summed E-state index contributed by atoms with van der Waals surface area (Å²) >= 11 is 0. The lowest BCUT2D eigenvalue weighted by Gasteiger charge is -2.16. The first-order chi connectivity index (χ1) is 14.2. The molecule has 0 spiro atoms. The molecule has 150 valence electrons.